The zero-order chi connectivity index (χ0) is 22.2. The highest BCUT2D eigenvalue weighted by Gasteiger charge is 2.13. The van der Waals surface area contributed by atoms with Gasteiger partial charge in [-0.1, -0.05) is 31.4 Å². The maximum atomic E-state index is 12.9. The number of allylic oxidation sites excluding steroid dienone is 1. The summed E-state index contributed by atoms with van der Waals surface area (Å²) >= 11 is 0. The molecule has 1 heterocycles. The number of hydrogen-bond donors (Lipinski definition) is 2. The van der Waals surface area contributed by atoms with Gasteiger partial charge in [-0.05, 0) is 60.5 Å². The third kappa shape index (κ3) is 5.24. The fourth-order valence-electron chi connectivity index (χ4n) is 3.23. The molecule has 0 saturated heterocycles. The highest BCUT2D eigenvalue weighted by molar-refractivity contribution is 6.01. The van der Waals surface area contributed by atoms with E-state index in [0.717, 1.165) is 22.0 Å². The van der Waals surface area contributed by atoms with Crippen molar-refractivity contribution in [1.29, 1.82) is 0 Å². The third-order valence-corrected chi connectivity index (χ3v) is 4.62. The zero-order valence-corrected chi connectivity index (χ0v) is 17.3. The fraction of sp³-hybridized carbons (Fsp3) is 0.160. The van der Waals surface area contributed by atoms with E-state index in [0.29, 0.717) is 37.7 Å². The predicted molar refractivity (Wildman–Crippen MR) is 124 cm³/mol. The van der Waals surface area contributed by atoms with Gasteiger partial charge in [0, 0.05) is 17.7 Å². The Morgan fingerprint density at radius 1 is 1.06 bits per heavy atom. The maximum Gasteiger partial charge on any atom is 0.255 e. The number of hydrogen-bond acceptors (Lipinski definition) is 5. The molecule has 0 unspecified atom stereocenters. The van der Waals surface area contributed by atoms with Crippen LogP contribution in [0.2, 0.25) is 0 Å². The molecule has 0 aliphatic heterocycles. The second-order valence-corrected chi connectivity index (χ2v) is 6.84. The van der Waals surface area contributed by atoms with Gasteiger partial charge in [-0.25, -0.2) is 0 Å². The van der Waals surface area contributed by atoms with Crippen LogP contribution in [0.25, 0.3) is 17.0 Å². The van der Waals surface area contributed by atoms with Gasteiger partial charge in [-0.15, -0.1) is 0 Å². The van der Waals surface area contributed by atoms with E-state index in [9.17, 15) is 9.90 Å². The van der Waals surface area contributed by atoms with E-state index in [1.165, 1.54) is 6.08 Å². The Hall–Kier alpha value is -3.77. The summed E-state index contributed by atoms with van der Waals surface area (Å²) in [5, 5.41) is 10.6. The number of phenols is 1. The Balaban J connectivity index is 1.88. The van der Waals surface area contributed by atoms with Crippen molar-refractivity contribution in [3.63, 3.8) is 0 Å². The first kappa shape index (κ1) is 21.9. The van der Waals surface area contributed by atoms with Crippen molar-refractivity contribution in [2.45, 2.75) is 6.42 Å². The van der Waals surface area contributed by atoms with Gasteiger partial charge < -0.3 is 20.3 Å². The normalized spacial score (nSPS) is 11.0. The third-order valence-electron chi connectivity index (χ3n) is 4.62. The summed E-state index contributed by atoms with van der Waals surface area (Å²) < 4.78 is 12.9. The van der Waals surface area contributed by atoms with Gasteiger partial charge in [-0.2, -0.15) is 0 Å². The lowest BCUT2D eigenvalue weighted by Crippen LogP contribution is -2.06. The first-order chi connectivity index (χ1) is 15.1. The summed E-state index contributed by atoms with van der Waals surface area (Å²) in [5.74, 6) is 1.09. The van der Waals surface area contributed by atoms with Gasteiger partial charge in [0.15, 0.2) is 11.5 Å². The molecular formula is C25H26N2O4. The van der Waals surface area contributed by atoms with Crippen LogP contribution in [0.15, 0.2) is 74.0 Å². The molecule has 3 N–H and O–H groups in total. The van der Waals surface area contributed by atoms with Crippen LogP contribution in [0, 0.1) is 0 Å². The summed E-state index contributed by atoms with van der Waals surface area (Å²) in [5.41, 5.74) is 8.12. The lowest BCUT2D eigenvalue weighted by atomic mass is 10.1. The minimum atomic E-state index is -0.209. The smallest absolute Gasteiger partial charge is 0.255 e. The Kier molecular flexibility index (Phi) is 7.30. The number of benzene rings is 2. The highest BCUT2D eigenvalue weighted by atomic mass is 16.5. The summed E-state index contributed by atoms with van der Waals surface area (Å²) in [6.45, 7) is 8.46. The van der Waals surface area contributed by atoms with E-state index in [1.54, 1.807) is 59.3 Å². The standard InChI is InChI=1S/C25H26N2O4/c1-3-13-30-23-9-5-18(15-24(23)31-14-4-2)6-10-25(29)27-17-19(11-12-26)21-16-20(28)7-8-22(21)27/h3-10,15-17,28H,1-2,11-14,26H2/b10-6+. The number of nitrogens with zero attached hydrogens (tertiary/aromatic N) is 1. The maximum absolute atomic E-state index is 12.9. The summed E-state index contributed by atoms with van der Waals surface area (Å²) in [6, 6.07) is 10.4. The van der Waals surface area contributed by atoms with E-state index in [4.69, 9.17) is 15.2 Å². The molecule has 0 aliphatic rings. The number of rotatable bonds is 10. The quantitative estimate of drug-likeness (QED) is 0.378. The first-order valence-electron chi connectivity index (χ1n) is 9.94. The van der Waals surface area contributed by atoms with Crippen LogP contribution < -0.4 is 15.2 Å². The highest BCUT2D eigenvalue weighted by Crippen LogP contribution is 2.29. The number of nitrogens with two attached hydrogens (primary N) is 1. The summed E-state index contributed by atoms with van der Waals surface area (Å²) in [6.07, 6.45) is 8.90. The van der Waals surface area contributed by atoms with Gasteiger partial charge in [-0.3, -0.25) is 9.36 Å². The number of ether oxygens (including phenoxy) is 2. The summed E-state index contributed by atoms with van der Waals surface area (Å²) in [7, 11) is 0. The Morgan fingerprint density at radius 2 is 1.81 bits per heavy atom. The molecule has 6 nitrogen and oxygen atoms in total. The van der Waals surface area contributed by atoms with E-state index in [-0.39, 0.29) is 11.7 Å². The molecule has 1 aromatic heterocycles. The second kappa shape index (κ2) is 10.3. The van der Waals surface area contributed by atoms with Crippen molar-refractivity contribution in [3.8, 4) is 17.2 Å². The largest absolute Gasteiger partial charge is 0.508 e. The average Bonchev–Trinajstić information content (AvgIpc) is 3.13. The van der Waals surface area contributed by atoms with Crippen LogP contribution in [-0.2, 0) is 6.42 Å². The molecule has 0 spiro atoms. The van der Waals surface area contributed by atoms with Gasteiger partial charge >= 0.3 is 0 Å². The van der Waals surface area contributed by atoms with Crippen molar-refractivity contribution < 1.29 is 19.4 Å². The van der Waals surface area contributed by atoms with Crippen molar-refractivity contribution in [1.82, 2.24) is 4.57 Å². The van der Waals surface area contributed by atoms with Crippen molar-refractivity contribution in [3.05, 3.63) is 85.1 Å². The number of phenolic OH excluding ortho intramolecular Hbond substituents is 1. The van der Waals surface area contributed by atoms with Crippen LogP contribution in [-0.4, -0.2) is 35.3 Å². The topological polar surface area (TPSA) is 86.7 Å². The first-order valence-corrected chi connectivity index (χ1v) is 9.94. The summed E-state index contributed by atoms with van der Waals surface area (Å²) in [4.78, 5) is 12.9. The van der Waals surface area contributed by atoms with Gasteiger partial charge in [0.05, 0.1) is 5.52 Å². The predicted octanol–water partition coefficient (Wildman–Crippen LogP) is 4.33. The number of carbonyl (C=O) groups is 1. The van der Waals surface area contributed by atoms with Crippen LogP contribution in [0.1, 0.15) is 15.9 Å². The molecule has 3 aromatic rings. The molecule has 0 atom stereocenters. The van der Waals surface area contributed by atoms with Gasteiger partial charge in [0.1, 0.15) is 19.0 Å². The lowest BCUT2D eigenvalue weighted by Gasteiger charge is -2.11. The number of carbonyl (C=O) groups excluding carboxylic acids is 1. The molecule has 160 valence electrons. The lowest BCUT2D eigenvalue weighted by molar-refractivity contribution is 0.0974. The Morgan fingerprint density at radius 3 is 2.52 bits per heavy atom. The van der Waals surface area contributed by atoms with Crippen LogP contribution in [0.4, 0.5) is 0 Å². The molecule has 0 radical (unpaired) electrons. The van der Waals surface area contributed by atoms with Crippen LogP contribution >= 0.6 is 0 Å². The van der Waals surface area contributed by atoms with E-state index >= 15 is 0 Å². The number of aromatic hydroxyl groups is 1. The van der Waals surface area contributed by atoms with Crippen molar-refractivity contribution in [2.75, 3.05) is 19.8 Å². The second-order valence-electron chi connectivity index (χ2n) is 6.84. The fourth-order valence-corrected chi connectivity index (χ4v) is 3.23. The number of fused-ring (bicyclic) bond motifs is 1. The van der Waals surface area contributed by atoms with Crippen molar-refractivity contribution in [2.24, 2.45) is 5.73 Å². The molecule has 0 amide bonds. The Labute approximate surface area is 181 Å². The van der Waals surface area contributed by atoms with Crippen LogP contribution in [0.5, 0.6) is 17.2 Å². The molecule has 31 heavy (non-hydrogen) atoms. The molecule has 2 aromatic carbocycles. The van der Waals surface area contributed by atoms with E-state index in [2.05, 4.69) is 13.2 Å². The average molecular weight is 418 g/mol. The molecule has 0 saturated carbocycles. The molecule has 6 heteroatoms. The van der Waals surface area contributed by atoms with Crippen molar-refractivity contribution >= 4 is 22.9 Å². The van der Waals surface area contributed by atoms with E-state index in [1.807, 2.05) is 6.07 Å². The molecule has 0 aliphatic carbocycles. The Bertz CT molecular complexity index is 1130. The zero-order valence-electron chi connectivity index (χ0n) is 17.3. The minimum absolute atomic E-state index is 0.150. The molecule has 0 fully saturated rings. The SMILES string of the molecule is C=CCOc1ccc(/C=C/C(=O)n2cc(CCN)c3cc(O)ccc32)cc1OCC=C. The number of aromatic nitrogens is 1. The molecule has 0 bridgehead atoms. The minimum Gasteiger partial charge on any atom is -0.508 e. The van der Waals surface area contributed by atoms with Gasteiger partial charge in [0.25, 0.3) is 5.91 Å². The monoisotopic (exact) mass is 418 g/mol. The van der Waals surface area contributed by atoms with Crippen LogP contribution in [0.3, 0.4) is 0 Å². The molecule has 3 rings (SSSR count). The molecular weight excluding hydrogens is 392 g/mol. The van der Waals surface area contributed by atoms with Gasteiger partial charge in [0.2, 0.25) is 0 Å². The van der Waals surface area contributed by atoms with E-state index < -0.39 is 0 Å².